The largest absolute Gasteiger partial charge is 0.393 e. The predicted octanol–water partition coefficient (Wildman–Crippen LogP) is 8.67. The van der Waals surface area contributed by atoms with Crippen LogP contribution in [0.5, 0.6) is 0 Å². The second-order valence-corrected chi connectivity index (χ2v) is 13.6. The van der Waals surface area contributed by atoms with Gasteiger partial charge in [-0.15, -0.1) is 11.3 Å². The third kappa shape index (κ3) is 7.40. The number of allylic oxidation sites excluding steroid dienone is 1. The molecule has 7 nitrogen and oxygen atoms in total. The average Bonchev–Trinajstić information content (AvgIpc) is 3.63. The minimum atomic E-state index is -4.26. The zero-order chi connectivity index (χ0) is 34.0. The van der Waals surface area contributed by atoms with Crippen molar-refractivity contribution in [2.45, 2.75) is 64.8 Å². The SMILES string of the molecule is C=CC(=C)Nc1ccc(CCn2c(C#N)cc3c(C)c(CN4CCC(Nc5ncnc6sc(CC(F)(F)F)cc56)CC4)ccc32)cc1C. The third-order valence-electron chi connectivity index (χ3n) is 9.12. The van der Waals surface area contributed by atoms with Gasteiger partial charge in [-0.3, -0.25) is 4.90 Å². The van der Waals surface area contributed by atoms with E-state index in [1.165, 1.54) is 23.0 Å². The zero-order valence-electron chi connectivity index (χ0n) is 27.1. The van der Waals surface area contributed by atoms with Crippen LogP contribution in [-0.2, 0) is 25.9 Å². The van der Waals surface area contributed by atoms with Gasteiger partial charge in [-0.1, -0.05) is 31.4 Å². The average molecular weight is 670 g/mol. The van der Waals surface area contributed by atoms with Crippen LogP contribution in [0.2, 0.25) is 0 Å². The fourth-order valence-electron chi connectivity index (χ4n) is 6.49. The van der Waals surface area contributed by atoms with Gasteiger partial charge in [0.2, 0.25) is 0 Å². The van der Waals surface area contributed by atoms with Crippen molar-refractivity contribution in [3.63, 3.8) is 0 Å². The summed E-state index contributed by atoms with van der Waals surface area (Å²) in [7, 11) is 0. The highest BCUT2D eigenvalue weighted by atomic mass is 32.1. The number of hydrogen-bond acceptors (Lipinski definition) is 7. The Bertz CT molecular complexity index is 2030. The van der Waals surface area contributed by atoms with Crippen molar-refractivity contribution in [1.82, 2.24) is 19.4 Å². The van der Waals surface area contributed by atoms with Crippen LogP contribution in [0.1, 0.15) is 45.7 Å². The van der Waals surface area contributed by atoms with Crippen LogP contribution in [-0.4, -0.2) is 44.7 Å². The lowest BCUT2D eigenvalue weighted by Gasteiger charge is -2.33. The van der Waals surface area contributed by atoms with E-state index < -0.39 is 12.6 Å². The number of nitriles is 1. The van der Waals surface area contributed by atoms with Crippen molar-refractivity contribution in [2.24, 2.45) is 0 Å². The molecule has 5 aromatic rings. The molecule has 48 heavy (non-hydrogen) atoms. The topological polar surface area (TPSA) is 81.8 Å². The van der Waals surface area contributed by atoms with Crippen LogP contribution < -0.4 is 10.6 Å². The molecule has 0 radical (unpaired) electrons. The summed E-state index contributed by atoms with van der Waals surface area (Å²) in [5.41, 5.74) is 8.23. The van der Waals surface area contributed by atoms with Gasteiger partial charge in [0, 0.05) is 59.4 Å². The maximum absolute atomic E-state index is 13.0. The molecule has 3 aromatic heterocycles. The lowest BCUT2D eigenvalue weighted by atomic mass is 10.0. The molecule has 1 aliphatic rings. The highest BCUT2D eigenvalue weighted by molar-refractivity contribution is 7.18. The summed E-state index contributed by atoms with van der Waals surface area (Å²) in [4.78, 5) is 11.8. The summed E-state index contributed by atoms with van der Waals surface area (Å²) in [6.45, 7) is 15.2. The summed E-state index contributed by atoms with van der Waals surface area (Å²) >= 11 is 1.07. The number of halogens is 3. The normalized spacial score (nSPS) is 14.3. The number of alkyl halides is 3. The van der Waals surface area contributed by atoms with Crippen LogP contribution in [0, 0.1) is 25.2 Å². The maximum atomic E-state index is 13.0. The summed E-state index contributed by atoms with van der Waals surface area (Å²) in [6.07, 6.45) is 0.468. The van der Waals surface area contributed by atoms with E-state index in [2.05, 4.69) is 93.5 Å². The number of aryl methyl sites for hydroxylation is 4. The molecule has 0 unspecified atom stereocenters. The molecule has 1 saturated heterocycles. The van der Waals surface area contributed by atoms with Gasteiger partial charge < -0.3 is 15.2 Å². The Hall–Kier alpha value is -4.66. The van der Waals surface area contributed by atoms with Gasteiger partial charge >= 0.3 is 6.18 Å². The summed E-state index contributed by atoms with van der Waals surface area (Å²) < 4.78 is 41.0. The van der Waals surface area contributed by atoms with Gasteiger partial charge in [-0.25, -0.2) is 9.97 Å². The van der Waals surface area contributed by atoms with E-state index in [1.54, 1.807) is 12.1 Å². The smallest absolute Gasteiger partial charge is 0.367 e. The lowest BCUT2D eigenvalue weighted by Crippen LogP contribution is -2.39. The first-order chi connectivity index (χ1) is 23.0. The van der Waals surface area contributed by atoms with Crippen LogP contribution in [0.25, 0.3) is 21.1 Å². The number of hydrogen-bond donors (Lipinski definition) is 2. The fourth-order valence-corrected chi connectivity index (χ4v) is 7.51. The summed E-state index contributed by atoms with van der Waals surface area (Å²) in [5, 5.41) is 18.5. The molecule has 6 rings (SSSR count). The van der Waals surface area contributed by atoms with Gasteiger partial charge in [-0.05, 0) is 85.7 Å². The number of piperidine rings is 1. The van der Waals surface area contributed by atoms with Crippen molar-refractivity contribution in [1.29, 1.82) is 5.26 Å². The highest BCUT2D eigenvalue weighted by Gasteiger charge is 2.29. The second-order valence-electron chi connectivity index (χ2n) is 12.5. The van der Waals surface area contributed by atoms with Crippen LogP contribution in [0.4, 0.5) is 24.7 Å². The number of benzene rings is 2. The standard InChI is InChI=1S/C37H38F3N7S/c1-5-24(3)44-33-8-6-26(16-23(33)2)10-15-47-29(20-41)17-31-25(4)27(7-9-34(31)47)21-46-13-11-28(12-14-46)45-35-32-18-30(19-37(38,39)40)48-36(32)43-22-42-35/h5-9,16-18,22,28,44H,1,3,10-15,19,21H2,2,4H3,(H,42,43,45). The summed E-state index contributed by atoms with van der Waals surface area (Å²) in [6, 6.07) is 16.8. The molecular weight excluding hydrogens is 632 g/mol. The van der Waals surface area contributed by atoms with Crippen LogP contribution in [0.3, 0.4) is 0 Å². The van der Waals surface area contributed by atoms with Gasteiger partial charge in [0.05, 0.1) is 11.8 Å². The molecule has 248 valence electrons. The highest BCUT2D eigenvalue weighted by Crippen LogP contribution is 2.34. The van der Waals surface area contributed by atoms with E-state index in [9.17, 15) is 18.4 Å². The van der Waals surface area contributed by atoms with Crippen LogP contribution >= 0.6 is 11.3 Å². The third-order valence-corrected chi connectivity index (χ3v) is 10.2. The molecule has 0 saturated carbocycles. The molecule has 4 heterocycles. The zero-order valence-corrected chi connectivity index (χ0v) is 27.9. The maximum Gasteiger partial charge on any atom is 0.393 e. The Balaban J connectivity index is 1.09. The Labute approximate surface area is 282 Å². The molecule has 1 fully saturated rings. The van der Waals surface area contributed by atoms with E-state index in [1.807, 2.05) is 6.07 Å². The molecule has 0 atom stereocenters. The Kier molecular flexibility index (Phi) is 9.58. The fraction of sp³-hybridized carbons (Fsp3) is 0.324. The van der Waals surface area contributed by atoms with Crippen molar-refractivity contribution in [2.75, 3.05) is 23.7 Å². The number of fused-ring (bicyclic) bond motifs is 2. The quantitative estimate of drug-likeness (QED) is 0.137. The minimum Gasteiger partial charge on any atom is -0.367 e. The number of thiophene rings is 1. The monoisotopic (exact) mass is 669 g/mol. The number of aromatic nitrogens is 3. The van der Waals surface area contributed by atoms with E-state index in [0.717, 1.165) is 78.1 Å². The number of likely N-dealkylation sites (tertiary alicyclic amines) is 1. The van der Waals surface area contributed by atoms with Crippen molar-refractivity contribution >= 4 is 44.0 Å². The number of nitrogens with zero attached hydrogens (tertiary/aromatic N) is 5. The first kappa shape index (κ1) is 33.2. The van der Waals surface area contributed by atoms with Crippen LogP contribution in [0.15, 0.2) is 73.7 Å². The predicted molar refractivity (Wildman–Crippen MR) is 188 cm³/mol. The number of nitrogens with one attached hydrogen (secondary N) is 2. The molecule has 0 bridgehead atoms. The number of rotatable bonds is 11. The van der Waals surface area contributed by atoms with Crippen molar-refractivity contribution in [3.05, 3.63) is 107 Å². The summed E-state index contributed by atoms with van der Waals surface area (Å²) in [5.74, 6) is 0.598. The van der Waals surface area contributed by atoms with Gasteiger partial charge in [0.25, 0.3) is 0 Å². The van der Waals surface area contributed by atoms with Gasteiger partial charge in [-0.2, -0.15) is 18.4 Å². The molecule has 11 heteroatoms. The van der Waals surface area contributed by atoms with E-state index >= 15 is 0 Å². The molecule has 1 aliphatic heterocycles. The van der Waals surface area contributed by atoms with E-state index in [0.29, 0.717) is 28.3 Å². The molecule has 0 spiro atoms. The molecule has 0 amide bonds. The van der Waals surface area contributed by atoms with E-state index in [4.69, 9.17) is 0 Å². The lowest BCUT2D eigenvalue weighted by molar-refractivity contribution is -0.126. The van der Waals surface area contributed by atoms with E-state index in [-0.39, 0.29) is 10.9 Å². The first-order valence-corrected chi connectivity index (χ1v) is 16.8. The minimum absolute atomic E-state index is 0.170. The Morgan fingerprint density at radius 3 is 2.60 bits per heavy atom. The first-order valence-electron chi connectivity index (χ1n) is 16.0. The molecule has 0 aliphatic carbocycles. The van der Waals surface area contributed by atoms with Gasteiger partial charge in [0.15, 0.2) is 0 Å². The van der Waals surface area contributed by atoms with Gasteiger partial charge in [0.1, 0.15) is 28.7 Å². The number of anilines is 2. The Morgan fingerprint density at radius 1 is 1.10 bits per heavy atom. The van der Waals surface area contributed by atoms with Crippen molar-refractivity contribution < 1.29 is 13.2 Å². The molecular formula is C37H38F3N7S. The van der Waals surface area contributed by atoms with Crippen molar-refractivity contribution in [3.8, 4) is 6.07 Å². The molecule has 2 aromatic carbocycles. The second kappa shape index (κ2) is 13.8. The molecule has 2 N–H and O–H groups in total. The Morgan fingerprint density at radius 2 is 1.90 bits per heavy atom.